The Hall–Kier alpha value is -1.67. The lowest BCUT2D eigenvalue weighted by molar-refractivity contribution is 0.475. The SMILES string of the molecule is Nc1ccccc1.Oc1ccccc1Cl. The third-order valence-electron chi connectivity index (χ3n) is 1.65. The number of anilines is 1. The Kier molecular flexibility index (Phi) is 4.51. The van der Waals surface area contributed by atoms with E-state index in [4.69, 9.17) is 22.4 Å². The molecule has 0 atom stereocenters. The number of benzene rings is 2. The van der Waals surface area contributed by atoms with E-state index in [-0.39, 0.29) is 5.75 Å². The Morgan fingerprint density at radius 2 is 1.40 bits per heavy atom. The number of hydrogen-bond acceptors (Lipinski definition) is 2. The highest BCUT2D eigenvalue weighted by Crippen LogP contribution is 2.20. The highest BCUT2D eigenvalue weighted by Gasteiger charge is 1.89. The predicted octanol–water partition coefficient (Wildman–Crippen LogP) is 3.31. The summed E-state index contributed by atoms with van der Waals surface area (Å²) in [5.74, 6) is 0.133. The van der Waals surface area contributed by atoms with E-state index in [1.165, 1.54) is 0 Å². The Balaban J connectivity index is 0.000000151. The first kappa shape index (κ1) is 11.4. The van der Waals surface area contributed by atoms with Gasteiger partial charge in [0.2, 0.25) is 0 Å². The third-order valence-corrected chi connectivity index (χ3v) is 1.97. The first-order chi connectivity index (χ1) is 7.20. The molecule has 78 valence electrons. The molecule has 0 radical (unpaired) electrons. The Bertz CT molecular complexity index is 382. The maximum absolute atomic E-state index is 8.79. The molecular weight excluding hydrogens is 210 g/mol. The molecule has 0 saturated heterocycles. The minimum absolute atomic E-state index is 0.133. The van der Waals surface area contributed by atoms with E-state index >= 15 is 0 Å². The number of nitrogen functional groups attached to an aromatic ring is 1. The van der Waals surface area contributed by atoms with Crippen molar-refractivity contribution in [3.63, 3.8) is 0 Å². The fraction of sp³-hybridized carbons (Fsp3) is 0. The predicted molar refractivity (Wildman–Crippen MR) is 64.0 cm³/mol. The summed E-state index contributed by atoms with van der Waals surface area (Å²) in [5.41, 5.74) is 6.18. The molecule has 2 aromatic rings. The van der Waals surface area contributed by atoms with Crippen molar-refractivity contribution in [1.29, 1.82) is 0 Å². The van der Waals surface area contributed by atoms with E-state index in [0.717, 1.165) is 5.69 Å². The van der Waals surface area contributed by atoms with Gasteiger partial charge < -0.3 is 10.8 Å². The molecule has 2 rings (SSSR count). The van der Waals surface area contributed by atoms with Crippen LogP contribution in [0.25, 0.3) is 0 Å². The van der Waals surface area contributed by atoms with Crippen LogP contribution in [0.2, 0.25) is 5.02 Å². The number of aromatic hydroxyl groups is 1. The molecule has 0 bridgehead atoms. The second kappa shape index (κ2) is 5.94. The van der Waals surface area contributed by atoms with Crippen molar-refractivity contribution in [1.82, 2.24) is 0 Å². The molecule has 0 aliphatic heterocycles. The Labute approximate surface area is 93.9 Å². The average molecular weight is 222 g/mol. The molecule has 0 aliphatic rings. The molecule has 0 aromatic heterocycles. The number of nitrogens with two attached hydrogens (primary N) is 1. The molecule has 0 fully saturated rings. The van der Waals surface area contributed by atoms with Gasteiger partial charge in [0.15, 0.2) is 0 Å². The summed E-state index contributed by atoms with van der Waals surface area (Å²) in [7, 11) is 0. The lowest BCUT2D eigenvalue weighted by Gasteiger charge is -1.89. The average Bonchev–Trinajstić information content (AvgIpc) is 2.25. The number of rotatable bonds is 0. The minimum atomic E-state index is 0.133. The van der Waals surface area contributed by atoms with E-state index in [9.17, 15) is 0 Å². The van der Waals surface area contributed by atoms with Crippen molar-refractivity contribution in [2.45, 2.75) is 0 Å². The van der Waals surface area contributed by atoms with E-state index in [1.54, 1.807) is 24.3 Å². The van der Waals surface area contributed by atoms with Gasteiger partial charge in [-0.2, -0.15) is 0 Å². The van der Waals surface area contributed by atoms with E-state index in [1.807, 2.05) is 30.3 Å². The van der Waals surface area contributed by atoms with E-state index in [0.29, 0.717) is 5.02 Å². The van der Waals surface area contributed by atoms with Crippen LogP contribution in [0.5, 0.6) is 5.75 Å². The summed E-state index contributed by atoms with van der Waals surface area (Å²) in [5, 5.41) is 9.18. The lowest BCUT2D eigenvalue weighted by atomic mass is 10.3. The molecule has 0 heterocycles. The summed E-state index contributed by atoms with van der Waals surface area (Å²) >= 11 is 5.46. The maximum atomic E-state index is 8.79. The van der Waals surface area contributed by atoms with Crippen LogP contribution < -0.4 is 5.73 Å². The van der Waals surface area contributed by atoms with Crippen LogP contribution >= 0.6 is 11.6 Å². The van der Waals surface area contributed by atoms with Crippen LogP contribution in [0.15, 0.2) is 54.6 Å². The van der Waals surface area contributed by atoms with Crippen molar-refractivity contribution < 1.29 is 5.11 Å². The summed E-state index contributed by atoms with van der Waals surface area (Å²) < 4.78 is 0. The highest BCUT2D eigenvalue weighted by molar-refractivity contribution is 6.31. The topological polar surface area (TPSA) is 46.2 Å². The molecule has 15 heavy (non-hydrogen) atoms. The standard InChI is InChI=1S/C6H5ClO.C6H7N/c7-5-3-1-2-4-6(5)8;7-6-4-2-1-3-5-6/h1-4,8H;1-5H,7H2. The molecule has 3 N–H and O–H groups in total. The van der Waals surface area contributed by atoms with Crippen LogP contribution in [0, 0.1) is 0 Å². The molecule has 0 aliphatic carbocycles. The monoisotopic (exact) mass is 221 g/mol. The molecular formula is C12H12ClNO. The van der Waals surface area contributed by atoms with E-state index in [2.05, 4.69) is 0 Å². The van der Waals surface area contributed by atoms with Gasteiger partial charge in [-0.3, -0.25) is 0 Å². The van der Waals surface area contributed by atoms with Gasteiger partial charge in [-0.1, -0.05) is 41.9 Å². The van der Waals surface area contributed by atoms with Crippen molar-refractivity contribution >= 4 is 17.3 Å². The van der Waals surface area contributed by atoms with Crippen LogP contribution in [0.1, 0.15) is 0 Å². The second-order valence-corrected chi connectivity index (χ2v) is 3.27. The van der Waals surface area contributed by atoms with Gasteiger partial charge in [-0.25, -0.2) is 0 Å². The first-order valence-corrected chi connectivity index (χ1v) is 4.82. The van der Waals surface area contributed by atoms with Crippen LogP contribution in [-0.2, 0) is 0 Å². The first-order valence-electron chi connectivity index (χ1n) is 4.44. The molecule has 2 aromatic carbocycles. The number of phenols is 1. The van der Waals surface area contributed by atoms with Crippen LogP contribution in [-0.4, -0.2) is 5.11 Å². The lowest BCUT2D eigenvalue weighted by Crippen LogP contribution is -1.79. The van der Waals surface area contributed by atoms with Gasteiger partial charge in [0.25, 0.3) is 0 Å². The van der Waals surface area contributed by atoms with Gasteiger partial charge >= 0.3 is 0 Å². The van der Waals surface area contributed by atoms with Gasteiger partial charge in [0, 0.05) is 5.69 Å². The summed E-state index contributed by atoms with van der Waals surface area (Å²) in [6, 6.07) is 16.2. The quantitative estimate of drug-likeness (QED) is 0.671. The smallest absolute Gasteiger partial charge is 0.134 e. The van der Waals surface area contributed by atoms with Gasteiger partial charge in [-0.05, 0) is 24.3 Å². The van der Waals surface area contributed by atoms with Gasteiger partial charge in [-0.15, -0.1) is 0 Å². The second-order valence-electron chi connectivity index (χ2n) is 2.86. The summed E-state index contributed by atoms with van der Waals surface area (Å²) in [6.07, 6.45) is 0. The third kappa shape index (κ3) is 4.38. The summed E-state index contributed by atoms with van der Waals surface area (Å²) in [6.45, 7) is 0. The molecule has 0 amide bonds. The largest absolute Gasteiger partial charge is 0.506 e. The molecule has 3 heteroatoms. The number of hydrogen-bond donors (Lipinski definition) is 2. The zero-order valence-corrected chi connectivity index (χ0v) is 8.85. The normalized spacial score (nSPS) is 8.87. The van der Waals surface area contributed by atoms with Crippen molar-refractivity contribution in [2.24, 2.45) is 0 Å². The molecule has 2 nitrogen and oxygen atoms in total. The van der Waals surface area contributed by atoms with Gasteiger partial charge in [0.05, 0.1) is 5.02 Å². The molecule has 0 spiro atoms. The van der Waals surface area contributed by atoms with E-state index < -0.39 is 0 Å². The Morgan fingerprint density at radius 3 is 1.73 bits per heavy atom. The molecule has 0 saturated carbocycles. The zero-order valence-electron chi connectivity index (χ0n) is 8.10. The van der Waals surface area contributed by atoms with Crippen LogP contribution in [0.4, 0.5) is 5.69 Å². The Morgan fingerprint density at radius 1 is 0.867 bits per heavy atom. The van der Waals surface area contributed by atoms with Crippen molar-refractivity contribution in [3.8, 4) is 5.75 Å². The van der Waals surface area contributed by atoms with Crippen molar-refractivity contribution in [2.75, 3.05) is 5.73 Å². The van der Waals surface area contributed by atoms with Gasteiger partial charge in [0.1, 0.15) is 5.75 Å². The number of para-hydroxylation sites is 2. The maximum Gasteiger partial charge on any atom is 0.134 e. The fourth-order valence-corrected chi connectivity index (χ4v) is 1.04. The summed E-state index contributed by atoms with van der Waals surface area (Å²) in [4.78, 5) is 0. The minimum Gasteiger partial charge on any atom is -0.506 e. The number of phenolic OH excluding ortho intramolecular Hbond substituents is 1. The number of halogens is 1. The zero-order chi connectivity index (χ0) is 11.1. The highest BCUT2D eigenvalue weighted by atomic mass is 35.5. The fourth-order valence-electron chi connectivity index (χ4n) is 0.905. The van der Waals surface area contributed by atoms with Crippen LogP contribution in [0.3, 0.4) is 0 Å². The molecule has 0 unspecified atom stereocenters. The van der Waals surface area contributed by atoms with Crippen molar-refractivity contribution in [3.05, 3.63) is 59.6 Å².